The molecule has 0 bridgehead atoms. The molecule has 0 aliphatic rings. The smallest absolute Gasteiger partial charge is 0.0625 e. The second kappa shape index (κ2) is 3.78. The first kappa shape index (κ1) is 8.62. The van der Waals surface area contributed by atoms with Crippen LogP contribution in [0.4, 0.5) is 0 Å². The molecule has 1 aromatic heterocycles. The fourth-order valence-corrected chi connectivity index (χ4v) is 1.62. The van der Waals surface area contributed by atoms with E-state index in [2.05, 4.69) is 12.0 Å². The second-order valence-electron chi connectivity index (χ2n) is 2.51. The van der Waals surface area contributed by atoms with E-state index >= 15 is 0 Å². The maximum atomic E-state index is 5.48. The molecule has 0 radical (unpaired) electrons. The highest BCUT2D eigenvalue weighted by Gasteiger charge is 2.02. The van der Waals surface area contributed by atoms with Crippen LogP contribution in [0.3, 0.4) is 0 Å². The Morgan fingerprint density at radius 3 is 3.00 bits per heavy atom. The van der Waals surface area contributed by atoms with E-state index in [-0.39, 0.29) is 0 Å². The van der Waals surface area contributed by atoms with Crippen LogP contribution in [0, 0.1) is 0 Å². The van der Waals surface area contributed by atoms with Gasteiger partial charge in [0.2, 0.25) is 0 Å². The Bertz CT molecular complexity index is 221. The Hall–Kier alpha value is -0.480. The molecular weight excluding hydrogens is 158 g/mol. The fourth-order valence-electron chi connectivity index (χ4n) is 0.740. The van der Waals surface area contributed by atoms with Gasteiger partial charge in [0, 0.05) is 29.9 Å². The standard InChI is InChI=1S/C7H13N3S/c1-6(3-8)11-7-4-9-10(2)5-7/h4-6H,3,8H2,1-2H3. The molecule has 1 atom stereocenters. The molecule has 2 N–H and O–H groups in total. The second-order valence-corrected chi connectivity index (χ2v) is 4.03. The zero-order chi connectivity index (χ0) is 8.27. The van der Waals surface area contributed by atoms with E-state index in [4.69, 9.17) is 5.73 Å². The Morgan fingerprint density at radius 1 is 1.82 bits per heavy atom. The van der Waals surface area contributed by atoms with Crippen LogP contribution in [-0.2, 0) is 7.05 Å². The van der Waals surface area contributed by atoms with Gasteiger partial charge in [0.15, 0.2) is 0 Å². The van der Waals surface area contributed by atoms with Crippen molar-refractivity contribution in [2.75, 3.05) is 6.54 Å². The third-order valence-electron chi connectivity index (χ3n) is 1.35. The van der Waals surface area contributed by atoms with E-state index in [9.17, 15) is 0 Å². The minimum absolute atomic E-state index is 0.471. The van der Waals surface area contributed by atoms with Crippen molar-refractivity contribution in [1.29, 1.82) is 0 Å². The third kappa shape index (κ3) is 2.55. The van der Waals surface area contributed by atoms with Crippen molar-refractivity contribution in [2.45, 2.75) is 17.1 Å². The summed E-state index contributed by atoms with van der Waals surface area (Å²) in [6, 6.07) is 0. The summed E-state index contributed by atoms with van der Waals surface area (Å²) in [7, 11) is 1.91. The molecule has 11 heavy (non-hydrogen) atoms. The van der Waals surface area contributed by atoms with Gasteiger partial charge in [-0.1, -0.05) is 6.92 Å². The van der Waals surface area contributed by atoms with Gasteiger partial charge < -0.3 is 5.73 Å². The van der Waals surface area contributed by atoms with E-state index in [0.717, 1.165) is 0 Å². The van der Waals surface area contributed by atoms with Crippen LogP contribution in [0.2, 0.25) is 0 Å². The number of nitrogens with two attached hydrogens (primary N) is 1. The van der Waals surface area contributed by atoms with Crippen LogP contribution in [0.1, 0.15) is 6.92 Å². The van der Waals surface area contributed by atoms with Gasteiger partial charge in [-0.2, -0.15) is 5.10 Å². The van der Waals surface area contributed by atoms with Crippen LogP contribution in [0.25, 0.3) is 0 Å². The molecule has 1 aromatic rings. The van der Waals surface area contributed by atoms with Crippen molar-refractivity contribution in [2.24, 2.45) is 12.8 Å². The van der Waals surface area contributed by atoms with Crippen molar-refractivity contribution < 1.29 is 0 Å². The molecule has 4 heteroatoms. The molecule has 0 fully saturated rings. The van der Waals surface area contributed by atoms with Crippen LogP contribution >= 0.6 is 11.8 Å². The average Bonchev–Trinajstić information content (AvgIpc) is 2.35. The molecule has 3 nitrogen and oxygen atoms in total. The lowest BCUT2D eigenvalue weighted by Crippen LogP contribution is -2.11. The van der Waals surface area contributed by atoms with E-state index in [1.165, 1.54) is 4.90 Å². The first-order valence-corrected chi connectivity index (χ1v) is 4.45. The highest BCUT2D eigenvalue weighted by atomic mass is 32.2. The summed E-state index contributed by atoms with van der Waals surface area (Å²) in [5.74, 6) is 0. The maximum Gasteiger partial charge on any atom is 0.0625 e. The Labute approximate surface area is 71.0 Å². The molecule has 0 saturated heterocycles. The number of aromatic nitrogens is 2. The summed E-state index contributed by atoms with van der Waals surface area (Å²) in [4.78, 5) is 1.19. The summed E-state index contributed by atoms with van der Waals surface area (Å²) in [5.41, 5.74) is 5.48. The van der Waals surface area contributed by atoms with Gasteiger partial charge in [-0.25, -0.2) is 0 Å². The molecular formula is C7H13N3S. The topological polar surface area (TPSA) is 43.8 Å². The molecule has 1 rings (SSSR count). The summed E-state index contributed by atoms with van der Waals surface area (Å²) < 4.78 is 1.80. The number of hydrogen-bond donors (Lipinski definition) is 1. The molecule has 0 aliphatic carbocycles. The van der Waals surface area contributed by atoms with Gasteiger partial charge in [-0.05, 0) is 0 Å². The lowest BCUT2D eigenvalue weighted by Gasteiger charge is -2.03. The Balaban J connectivity index is 2.50. The minimum Gasteiger partial charge on any atom is -0.329 e. The first-order valence-electron chi connectivity index (χ1n) is 3.57. The molecule has 0 saturated carbocycles. The van der Waals surface area contributed by atoms with Crippen LogP contribution in [0.15, 0.2) is 17.3 Å². The van der Waals surface area contributed by atoms with Crippen molar-refractivity contribution in [1.82, 2.24) is 9.78 Å². The molecule has 0 aliphatic heterocycles. The van der Waals surface area contributed by atoms with Crippen molar-refractivity contribution in [3.63, 3.8) is 0 Å². The SMILES string of the molecule is CC(CN)Sc1cnn(C)c1. The van der Waals surface area contributed by atoms with Crippen molar-refractivity contribution in [3.05, 3.63) is 12.4 Å². The summed E-state index contributed by atoms with van der Waals surface area (Å²) in [6.07, 6.45) is 3.85. The average molecular weight is 171 g/mol. The van der Waals surface area contributed by atoms with Gasteiger partial charge >= 0.3 is 0 Å². The third-order valence-corrected chi connectivity index (χ3v) is 2.43. The predicted molar refractivity (Wildman–Crippen MR) is 47.6 cm³/mol. The van der Waals surface area contributed by atoms with E-state index < -0.39 is 0 Å². The van der Waals surface area contributed by atoms with E-state index in [0.29, 0.717) is 11.8 Å². The van der Waals surface area contributed by atoms with Crippen molar-refractivity contribution >= 4 is 11.8 Å². The van der Waals surface area contributed by atoms with Crippen LogP contribution in [0.5, 0.6) is 0 Å². The lowest BCUT2D eigenvalue weighted by atomic mass is 10.5. The van der Waals surface area contributed by atoms with Gasteiger partial charge in [0.25, 0.3) is 0 Å². The molecule has 62 valence electrons. The molecule has 0 amide bonds. The Morgan fingerprint density at radius 2 is 2.55 bits per heavy atom. The van der Waals surface area contributed by atoms with Gasteiger partial charge in [-0.3, -0.25) is 4.68 Å². The largest absolute Gasteiger partial charge is 0.329 e. The van der Waals surface area contributed by atoms with Gasteiger partial charge in [0.1, 0.15) is 0 Å². The van der Waals surface area contributed by atoms with Gasteiger partial charge in [0.05, 0.1) is 6.20 Å². The quantitative estimate of drug-likeness (QED) is 0.686. The van der Waals surface area contributed by atoms with Gasteiger partial charge in [-0.15, -0.1) is 11.8 Å². The number of aryl methyl sites for hydroxylation is 1. The molecule has 0 aromatic carbocycles. The molecule has 0 spiro atoms. The predicted octanol–water partition coefficient (Wildman–Crippen LogP) is 0.859. The molecule has 1 heterocycles. The van der Waals surface area contributed by atoms with E-state index in [1.807, 2.05) is 19.4 Å². The summed E-state index contributed by atoms with van der Waals surface area (Å²) in [5, 5.41) is 4.53. The first-order chi connectivity index (χ1) is 5.22. The zero-order valence-electron chi connectivity index (χ0n) is 6.82. The highest BCUT2D eigenvalue weighted by molar-refractivity contribution is 8.00. The number of nitrogens with zero attached hydrogens (tertiary/aromatic N) is 2. The zero-order valence-corrected chi connectivity index (χ0v) is 7.64. The highest BCUT2D eigenvalue weighted by Crippen LogP contribution is 2.20. The minimum atomic E-state index is 0.471. The van der Waals surface area contributed by atoms with Crippen molar-refractivity contribution in [3.8, 4) is 0 Å². The number of hydrogen-bond acceptors (Lipinski definition) is 3. The Kier molecular flexibility index (Phi) is 2.96. The monoisotopic (exact) mass is 171 g/mol. The van der Waals surface area contributed by atoms with Crippen LogP contribution < -0.4 is 5.73 Å². The number of thioether (sulfide) groups is 1. The summed E-state index contributed by atoms with van der Waals surface area (Å²) in [6.45, 7) is 2.82. The summed E-state index contributed by atoms with van der Waals surface area (Å²) >= 11 is 1.76. The maximum absolute atomic E-state index is 5.48. The number of rotatable bonds is 3. The lowest BCUT2D eigenvalue weighted by molar-refractivity contribution is 0.766. The molecule has 1 unspecified atom stereocenters. The fraction of sp³-hybridized carbons (Fsp3) is 0.571. The normalized spacial score (nSPS) is 13.4. The van der Waals surface area contributed by atoms with Crippen LogP contribution in [-0.4, -0.2) is 21.6 Å². The van der Waals surface area contributed by atoms with E-state index in [1.54, 1.807) is 16.4 Å².